The van der Waals surface area contributed by atoms with Crippen LogP contribution in [-0.2, 0) is 6.18 Å². The molecule has 2 N–H and O–H groups in total. The van der Waals surface area contributed by atoms with Crippen LogP contribution >= 0.6 is 11.6 Å². The van der Waals surface area contributed by atoms with E-state index in [1.54, 1.807) is 0 Å². The first-order valence-corrected chi connectivity index (χ1v) is 8.08. The zero-order valence-electron chi connectivity index (χ0n) is 14.4. The van der Waals surface area contributed by atoms with Crippen LogP contribution in [0.5, 0.6) is 5.75 Å². The number of benzene rings is 2. The van der Waals surface area contributed by atoms with Gasteiger partial charge in [0, 0.05) is 5.69 Å². The molecule has 0 fully saturated rings. The Morgan fingerprint density at radius 3 is 2.42 bits per heavy atom. The van der Waals surface area contributed by atoms with Gasteiger partial charge in [-0.2, -0.15) is 13.2 Å². The first-order valence-electron chi connectivity index (χ1n) is 7.71. The number of carbonyl (C=O) groups excluding carboxylic acids is 1. The van der Waals surface area contributed by atoms with E-state index in [0.717, 1.165) is 28.8 Å². The summed E-state index contributed by atoms with van der Waals surface area (Å²) in [4.78, 5) is 11.9. The maximum atomic E-state index is 12.8. The van der Waals surface area contributed by atoms with Crippen LogP contribution in [0.3, 0.4) is 0 Å². The molecular formula is C18H18ClF3N2O2. The van der Waals surface area contributed by atoms with Gasteiger partial charge in [-0.25, -0.2) is 4.79 Å². The van der Waals surface area contributed by atoms with Crippen molar-refractivity contribution in [2.45, 2.75) is 26.9 Å². The average Bonchev–Trinajstić information content (AvgIpc) is 2.55. The van der Waals surface area contributed by atoms with Crippen molar-refractivity contribution < 1.29 is 22.7 Å². The van der Waals surface area contributed by atoms with Crippen molar-refractivity contribution in [2.75, 3.05) is 12.0 Å². The van der Waals surface area contributed by atoms with Crippen LogP contribution in [0.2, 0.25) is 5.02 Å². The van der Waals surface area contributed by atoms with Gasteiger partial charge in [-0.3, -0.25) is 0 Å². The van der Waals surface area contributed by atoms with E-state index < -0.39 is 22.8 Å². The van der Waals surface area contributed by atoms with E-state index in [0.29, 0.717) is 5.75 Å². The average molecular weight is 387 g/mol. The third-order valence-corrected chi connectivity index (χ3v) is 4.18. The molecule has 0 aliphatic heterocycles. The van der Waals surface area contributed by atoms with E-state index in [1.165, 1.54) is 6.07 Å². The van der Waals surface area contributed by atoms with Gasteiger partial charge in [0.2, 0.25) is 0 Å². The summed E-state index contributed by atoms with van der Waals surface area (Å²) in [7, 11) is 0. The Balaban J connectivity index is 1.97. The van der Waals surface area contributed by atoms with Crippen molar-refractivity contribution in [3.05, 3.63) is 57.6 Å². The lowest BCUT2D eigenvalue weighted by Crippen LogP contribution is -2.32. The molecule has 2 amide bonds. The quantitative estimate of drug-likeness (QED) is 0.687. The molecule has 2 aromatic carbocycles. The van der Waals surface area contributed by atoms with Gasteiger partial charge >= 0.3 is 12.2 Å². The molecule has 0 bridgehead atoms. The SMILES string of the molecule is Cc1ccc(C)c(OCNC(=O)Nc2ccc(Cl)c(C(F)(F)F)c2)c1C. The molecule has 0 unspecified atom stereocenters. The lowest BCUT2D eigenvalue weighted by atomic mass is 10.1. The molecule has 0 saturated heterocycles. The summed E-state index contributed by atoms with van der Waals surface area (Å²) in [5.74, 6) is 0.663. The van der Waals surface area contributed by atoms with Crippen LogP contribution in [0, 0.1) is 20.8 Å². The van der Waals surface area contributed by atoms with Crippen LogP contribution in [0.1, 0.15) is 22.3 Å². The Labute approximate surface area is 154 Å². The number of rotatable bonds is 4. The van der Waals surface area contributed by atoms with Gasteiger partial charge in [-0.15, -0.1) is 0 Å². The fourth-order valence-corrected chi connectivity index (χ4v) is 2.54. The Hall–Kier alpha value is -2.41. The van der Waals surface area contributed by atoms with Crippen LogP contribution in [0.15, 0.2) is 30.3 Å². The van der Waals surface area contributed by atoms with Crippen molar-refractivity contribution >= 4 is 23.3 Å². The van der Waals surface area contributed by atoms with Crippen LogP contribution < -0.4 is 15.4 Å². The highest BCUT2D eigenvalue weighted by molar-refractivity contribution is 6.31. The Kier molecular flexibility index (Phi) is 6.02. The summed E-state index contributed by atoms with van der Waals surface area (Å²) in [6, 6.07) is 6.32. The number of hydrogen-bond donors (Lipinski definition) is 2. The first kappa shape index (κ1) is 19.9. The van der Waals surface area contributed by atoms with Gasteiger partial charge in [0.05, 0.1) is 10.6 Å². The fourth-order valence-electron chi connectivity index (χ4n) is 2.32. The van der Waals surface area contributed by atoms with Crippen LogP contribution in [0.4, 0.5) is 23.7 Å². The van der Waals surface area contributed by atoms with E-state index in [9.17, 15) is 18.0 Å². The highest BCUT2D eigenvalue weighted by atomic mass is 35.5. The molecule has 8 heteroatoms. The summed E-state index contributed by atoms with van der Waals surface area (Å²) in [5, 5.41) is 4.33. The van der Waals surface area contributed by atoms with Gasteiger partial charge < -0.3 is 15.4 Å². The number of amides is 2. The molecule has 26 heavy (non-hydrogen) atoms. The molecule has 2 rings (SSSR count). The van der Waals surface area contributed by atoms with Gasteiger partial charge in [-0.1, -0.05) is 23.7 Å². The number of alkyl halides is 3. The highest BCUT2D eigenvalue weighted by Crippen LogP contribution is 2.36. The summed E-state index contributed by atoms with van der Waals surface area (Å²) in [6.07, 6.45) is -4.60. The monoisotopic (exact) mass is 386 g/mol. The normalized spacial score (nSPS) is 11.2. The van der Waals surface area contributed by atoms with Gasteiger partial charge in [0.1, 0.15) is 5.75 Å². The van der Waals surface area contributed by atoms with Crippen molar-refractivity contribution in [3.63, 3.8) is 0 Å². The minimum absolute atomic E-state index is 0.0258. The number of carbonyl (C=O) groups is 1. The number of halogens is 4. The molecule has 0 aliphatic rings. The fraction of sp³-hybridized carbons (Fsp3) is 0.278. The third-order valence-electron chi connectivity index (χ3n) is 3.85. The molecule has 0 saturated carbocycles. The first-order chi connectivity index (χ1) is 12.1. The predicted octanol–water partition coefficient (Wildman–Crippen LogP) is 5.44. The molecule has 0 heterocycles. The second kappa shape index (κ2) is 7.86. The highest BCUT2D eigenvalue weighted by Gasteiger charge is 2.33. The molecule has 0 spiro atoms. The number of urea groups is 1. The van der Waals surface area contributed by atoms with Gasteiger partial charge in [-0.05, 0) is 55.7 Å². The van der Waals surface area contributed by atoms with E-state index in [1.807, 2.05) is 32.9 Å². The molecule has 2 aromatic rings. The van der Waals surface area contributed by atoms with E-state index in [-0.39, 0.29) is 12.4 Å². The molecule has 0 atom stereocenters. The van der Waals surface area contributed by atoms with Crippen LogP contribution in [-0.4, -0.2) is 12.8 Å². The Morgan fingerprint density at radius 1 is 1.12 bits per heavy atom. The summed E-state index contributed by atoms with van der Waals surface area (Å²) >= 11 is 5.54. The minimum Gasteiger partial charge on any atom is -0.473 e. The zero-order chi connectivity index (χ0) is 19.5. The number of hydrogen-bond acceptors (Lipinski definition) is 2. The van der Waals surface area contributed by atoms with Crippen molar-refractivity contribution in [2.24, 2.45) is 0 Å². The standard InChI is InChI=1S/C18H18ClF3N2O2/c1-10-4-5-11(2)16(12(10)3)26-9-23-17(25)24-13-6-7-15(19)14(8-13)18(20,21)22/h4-8H,9H2,1-3H3,(H2,23,24,25). The summed E-state index contributed by atoms with van der Waals surface area (Å²) in [5.41, 5.74) is 1.89. The number of aryl methyl sites for hydroxylation is 2. The summed E-state index contributed by atoms with van der Waals surface area (Å²) < 4.78 is 44.1. The second-order valence-electron chi connectivity index (χ2n) is 5.77. The molecule has 0 radical (unpaired) electrons. The van der Waals surface area contributed by atoms with Crippen molar-refractivity contribution in [1.29, 1.82) is 0 Å². The Morgan fingerprint density at radius 2 is 1.77 bits per heavy atom. The lowest BCUT2D eigenvalue weighted by Gasteiger charge is -2.15. The van der Waals surface area contributed by atoms with Crippen LogP contribution in [0.25, 0.3) is 0 Å². The summed E-state index contributed by atoms with van der Waals surface area (Å²) in [6.45, 7) is 5.61. The lowest BCUT2D eigenvalue weighted by molar-refractivity contribution is -0.137. The molecule has 140 valence electrons. The minimum atomic E-state index is -4.60. The molecular weight excluding hydrogens is 369 g/mol. The largest absolute Gasteiger partial charge is 0.473 e. The zero-order valence-corrected chi connectivity index (χ0v) is 15.2. The topological polar surface area (TPSA) is 50.4 Å². The third kappa shape index (κ3) is 4.82. The van der Waals surface area contributed by atoms with E-state index >= 15 is 0 Å². The van der Waals surface area contributed by atoms with Gasteiger partial charge in [0.15, 0.2) is 6.73 Å². The number of nitrogens with one attached hydrogen (secondary N) is 2. The maximum Gasteiger partial charge on any atom is 0.417 e. The van der Waals surface area contributed by atoms with E-state index in [4.69, 9.17) is 16.3 Å². The molecule has 4 nitrogen and oxygen atoms in total. The van der Waals surface area contributed by atoms with E-state index in [2.05, 4.69) is 10.6 Å². The second-order valence-corrected chi connectivity index (χ2v) is 6.17. The molecule has 0 aliphatic carbocycles. The smallest absolute Gasteiger partial charge is 0.417 e. The number of anilines is 1. The van der Waals surface area contributed by atoms with Crippen molar-refractivity contribution in [3.8, 4) is 5.75 Å². The Bertz CT molecular complexity index is 823. The predicted molar refractivity (Wildman–Crippen MR) is 94.8 cm³/mol. The molecule has 0 aromatic heterocycles. The van der Waals surface area contributed by atoms with Gasteiger partial charge in [0.25, 0.3) is 0 Å². The van der Waals surface area contributed by atoms with Crippen molar-refractivity contribution in [1.82, 2.24) is 5.32 Å². The maximum absolute atomic E-state index is 12.8. The number of ether oxygens (including phenoxy) is 1.